The highest BCUT2D eigenvalue weighted by Crippen LogP contribution is 2.23. The fraction of sp³-hybridized carbons (Fsp3) is 0.208. The van der Waals surface area contributed by atoms with Crippen LogP contribution in [0.1, 0.15) is 26.5 Å². The molecule has 0 bridgehead atoms. The second-order valence-corrected chi connectivity index (χ2v) is 7.77. The van der Waals surface area contributed by atoms with Gasteiger partial charge in [-0.15, -0.1) is 0 Å². The molecule has 9 heteroatoms. The number of nitrogen functional groups attached to an aromatic ring is 1. The predicted molar refractivity (Wildman–Crippen MR) is 144 cm³/mol. The molecule has 3 N–H and O–H groups in total. The van der Waals surface area contributed by atoms with Crippen molar-refractivity contribution < 1.29 is 0 Å². The number of nitrogens with zero attached hydrogens (tertiary/aromatic N) is 3. The molecule has 0 unspecified atom stereocenters. The summed E-state index contributed by atoms with van der Waals surface area (Å²) in [5.74, 6) is 0.361. The molecule has 0 fully saturated rings. The molecule has 4 rings (SSSR count). The van der Waals surface area contributed by atoms with Gasteiger partial charge in [0.2, 0.25) is 5.28 Å². The molecular weight excluding hydrogens is 477 g/mol. The molecule has 2 aromatic heterocycles. The number of hydrogen-bond acceptors (Lipinski definition) is 6. The van der Waals surface area contributed by atoms with E-state index in [1.165, 1.54) is 11.9 Å². The van der Waals surface area contributed by atoms with Crippen molar-refractivity contribution >= 4 is 57.4 Å². The monoisotopic (exact) mass is 503 g/mol. The maximum Gasteiger partial charge on any atom is 0.264 e. The van der Waals surface area contributed by atoms with Gasteiger partial charge in [0.25, 0.3) is 5.56 Å². The number of benzene rings is 2. The van der Waals surface area contributed by atoms with Gasteiger partial charge in [-0.25, -0.2) is 4.98 Å². The second-order valence-electron chi connectivity index (χ2n) is 6.41. The Balaban J connectivity index is 0.000000252. The van der Waals surface area contributed by atoms with Crippen LogP contribution in [-0.4, -0.2) is 20.8 Å². The fourth-order valence-corrected chi connectivity index (χ4v) is 3.83. The number of anilines is 2. The van der Waals surface area contributed by atoms with Crippen LogP contribution in [0.25, 0.3) is 16.5 Å². The minimum atomic E-state index is -0.0591. The Morgan fingerprint density at radius 1 is 1.09 bits per heavy atom. The van der Waals surface area contributed by atoms with Crippen LogP contribution >= 0.6 is 35.1 Å². The van der Waals surface area contributed by atoms with E-state index < -0.39 is 0 Å². The fourth-order valence-electron chi connectivity index (χ4n) is 3.05. The van der Waals surface area contributed by atoms with Crippen LogP contribution in [-0.2, 0) is 6.42 Å². The molecule has 4 aromatic rings. The van der Waals surface area contributed by atoms with Crippen LogP contribution < -0.4 is 16.0 Å². The second kappa shape index (κ2) is 13.1. The Hall–Kier alpha value is -2.74. The summed E-state index contributed by atoms with van der Waals surface area (Å²) in [6.45, 7) is 6.05. The van der Waals surface area contributed by atoms with Crippen molar-refractivity contribution in [2.75, 3.05) is 16.7 Å². The van der Waals surface area contributed by atoms with Crippen LogP contribution in [0.4, 0.5) is 11.5 Å². The third-order valence-electron chi connectivity index (χ3n) is 4.45. The lowest BCUT2D eigenvalue weighted by molar-refractivity contribution is 0.889. The molecule has 0 aliphatic rings. The van der Waals surface area contributed by atoms with Gasteiger partial charge >= 0.3 is 0 Å². The maximum atomic E-state index is 12.8. The first-order chi connectivity index (χ1) is 16.0. The van der Waals surface area contributed by atoms with Gasteiger partial charge in [-0.1, -0.05) is 74.7 Å². The van der Waals surface area contributed by atoms with E-state index in [-0.39, 0.29) is 10.8 Å². The van der Waals surface area contributed by atoms with Crippen LogP contribution in [0, 0.1) is 0 Å². The lowest BCUT2D eigenvalue weighted by Gasteiger charge is -2.14. The smallest absolute Gasteiger partial charge is 0.264 e. The SMILES string of the molecule is CC.CCc1cc2cccc(Cl)c2c(=O)n1-c1ccccc1.CSNc1cnc(Cl)nc1N. The number of para-hydroxylation sites is 1. The summed E-state index contributed by atoms with van der Waals surface area (Å²) in [5.41, 5.74) is 7.97. The first-order valence-electron chi connectivity index (χ1n) is 10.4. The average Bonchev–Trinajstić information content (AvgIpc) is 2.83. The van der Waals surface area contributed by atoms with E-state index >= 15 is 0 Å². The number of nitrogens with one attached hydrogen (secondary N) is 1. The van der Waals surface area contributed by atoms with Crippen LogP contribution in [0.2, 0.25) is 10.3 Å². The van der Waals surface area contributed by atoms with Crippen LogP contribution in [0.5, 0.6) is 0 Å². The van der Waals surface area contributed by atoms with Gasteiger partial charge in [0.05, 0.1) is 16.6 Å². The number of aromatic nitrogens is 3. The molecule has 0 aliphatic carbocycles. The molecule has 6 nitrogen and oxygen atoms in total. The van der Waals surface area contributed by atoms with E-state index in [1.807, 2.05) is 75.6 Å². The number of pyridine rings is 1. The molecule has 0 atom stereocenters. The summed E-state index contributed by atoms with van der Waals surface area (Å²) in [4.78, 5) is 20.3. The highest BCUT2D eigenvalue weighted by atomic mass is 35.5. The zero-order valence-corrected chi connectivity index (χ0v) is 21.3. The first-order valence-corrected chi connectivity index (χ1v) is 12.4. The van der Waals surface area contributed by atoms with E-state index in [2.05, 4.69) is 14.7 Å². The molecule has 174 valence electrons. The minimum absolute atomic E-state index is 0.0591. The van der Waals surface area contributed by atoms with Crippen LogP contribution in [0.15, 0.2) is 65.6 Å². The quantitative estimate of drug-likeness (QED) is 0.240. The number of hydrogen-bond donors (Lipinski definition) is 2. The van der Waals surface area contributed by atoms with E-state index in [9.17, 15) is 4.79 Å². The van der Waals surface area contributed by atoms with Crippen molar-refractivity contribution in [3.8, 4) is 5.69 Å². The average molecular weight is 504 g/mol. The first kappa shape index (κ1) is 26.5. The van der Waals surface area contributed by atoms with Gasteiger partial charge in [0.1, 0.15) is 5.69 Å². The van der Waals surface area contributed by atoms with E-state index in [0.717, 1.165) is 23.2 Å². The molecule has 0 saturated heterocycles. The van der Waals surface area contributed by atoms with E-state index in [0.29, 0.717) is 21.9 Å². The summed E-state index contributed by atoms with van der Waals surface area (Å²) in [5, 5.41) is 2.13. The van der Waals surface area contributed by atoms with Gasteiger partial charge in [0.15, 0.2) is 5.82 Å². The Morgan fingerprint density at radius 3 is 2.39 bits per heavy atom. The number of halogens is 2. The topological polar surface area (TPSA) is 85.8 Å². The zero-order chi connectivity index (χ0) is 24.4. The lowest BCUT2D eigenvalue weighted by Crippen LogP contribution is -2.22. The van der Waals surface area contributed by atoms with Crippen molar-refractivity contribution in [1.29, 1.82) is 0 Å². The summed E-state index contributed by atoms with van der Waals surface area (Å²) in [6.07, 6.45) is 4.21. The van der Waals surface area contributed by atoms with Gasteiger partial charge in [0, 0.05) is 17.6 Å². The Morgan fingerprint density at radius 2 is 1.79 bits per heavy atom. The van der Waals surface area contributed by atoms with Crippen molar-refractivity contribution in [3.05, 3.63) is 87.1 Å². The standard InChI is InChI=1S/C17H14ClNO.C5H7ClN4S.C2H6/c1-2-13-11-12-7-6-10-15(18)16(12)17(20)19(13)14-8-4-3-5-9-14;1-11-10-3-2-8-5(6)9-4(3)7;1-2/h3-11H,2H2,1H3;2,10H,1H3,(H2,7,8,9);1-2H3. The molecular formula is C24H27Cl2N5OS. The molecule has 0 saturated carbocycles. The Labute approximate surface area is 208 Å². The third kappa shape index (κ3) is 6.63. The molecule has 0 radical (unpaired) electrons. The van der Waals surface area contributed by atoms with Crippen molar-refractivity contribution in [2.24, 2.45) is 0 Å². The minimum Gasteiger partial charge on any atom is -0.382 e. The van der Waals surface area contributed by atoms with E-state index in [1.54, 1.807) is 16.8 Å². The predicted octanol–water partition coefficient (Wildman–Crippen LogP) is 6.63. The normalized spacial score (nSPS) is 10.0. The number of aryl methyl sites for hydroxylation is 1. The lowest BCUT2D eigenvalue weighted by atomic mass is 10.1. The summed E-state index contributed by atoms with van der Waals surface area (Å²) in [6, 6.07) is 17.3. The third-order valence-corrected chi connectivity index (χ3v) is 5.37. The van der Waals surface area contributed by atoms with E-state index in [4.69, 9.17) is 28.9 Å². The highest BCUT2D eigenvalue weighted by molar-refractivity contribution is 7.99. The highest BCUT2D eigenvalue weighted by Gasteiger charge is 2.12. The van der Waals surface area contributed by atoms with Gasteiger partial charge < -0.3 is 10.5 Å². The van der Waals surface area contributed by atoms with Gasteiger partial charge in [-0.3, -0.25) is 9.36 Å². The molecule has 0 amide bonds. The summed E-state index contributed by atoms with van der Waals surface area (Å²) >= 11 is 13.1. The summed E-state index contributed by atoms with van der Waals surface area (Å²) < 4.78 is 4.66. The molecule has 0 aliphatic heterocycles. The number of fused-ring (bicyclic) bond motifs is 1. The Kier molecular flexibility index (Phi) is 10.5. The summed E-state index contributed by atoms with van der Waals surface area (Å²) in [7, 11) is 0. The largest absolute Gasteiger partial charge is 0.382 e. The van der Waals surface area contributed by atoms with Crippen LogP contribution in [0.3, 0.4) is 0 Å². The number of nitrogens with two attached hydrogens (primary N) is 1. The molecule has 0 spiro atoms. The maximum absolute atomic E-state index is 12.8. The van der Waals surface area contributed by atoms with Gasteiger partial charge in [-0.2, -0.15) is 4.98 Å². The molecule has 33 heavy (non-hydrogen) atoms. The molecule has 2 aromatic carbocycles. The van der Waals surface area contributed by atoms with Gasteiger partial charge in [-0.05, 0) is 47.7 Å². The molecule has 2 heterocycles. The van der Waals surface area contributed by atoms with Crippen molar-refractivity contribution in [3.63, 3.8) is 0 Å². The van der Waals surface area contributed by atoms with Crippen molar-refractivity contribution in [1.82, 2.24) is 14.5 Å². The number of rotatable bonds is 4. The zero-order valence-electron chi connectivity index (χ0n) is 19.0. The Bertz CT molecular complexity index is 1250. The van der Waals surface area contributed by atoms with Crippen molar-refractivity contribution in [2.45, 2.75) is 27.2 Å².